The van der Waals surface area contributed by atoms with Crippen molar-refractivity contribution in [2.75, 3.05) is 0 Å². The minimum Gasteiger partial charge on any atom is -0.299 e. The standard InChI is InChI=1S/C29H33NO2/c1-18-14-22-23(28(4,5)11-10-27(22,2)3)16-21(18)29(12-13-29)26-9-6-19(17-30-26)15-20-24(31)7-8-25(20)32/h6,9-11,14,16-17,20H,7-8,12-13,15H2,1-5H3. The third kappa shape index (κ3) is 3.29. The molecule has 3 aliphatic rings. The summed E-state index contributed by atoms with van der Waals surface area (Å²) < 4.78 is 0. The number of benzene rings is 1. The fourth-order valence-electron chi connectivity index (χ4n) is 5.74. The van der Waals surface area contributed by atoms with Crippen molar-refractivity contribution in [3.05, 3.63) is 76.1 Å². The molecule has 0 spiro atoms. The first-order valence-corrected chi connectivity index (χ1v) is 11.9. The monoisotopic (exact) mass is 427 g/mol. The maximum atomic E-state index is 12.0. The van der Waals surface area contributed by atoms with Crippen LogP contribution in [0.5, 0.6) is 0 Å². The Balaban J connectivity index is 1.49. The fraction of sp³-hybridized carbons (Fsp3) is 0.483. The normalized spacial score (nSPS) is 22.8. The maximum Gasteiger partial charge on any atom is 0.144 e. The number of Topliss-reactive ketones (excluding diaryl/α,β-unsaturated/α-hetero) is 2. The van der Waals surface area contributed by atoms with Gasteiger partial charge in [0, 0.05) is 35.3 Å². The minimum absolute atomic E-state index is 0.0149. The van der Waals surface area contributed by atoms with E-state index in [9.17, 15) is 9.59 Å². The van der Waals surface area contributed by atoms with Gasteiger partial charge in [-0.3, -0.25) is 14.6 Å². The molecule has 2 aromatic rings. The van der Waals surface area contributed by atoms with Gasteiger partial charge in [0.05, 0.1) is 11.6 Å². The molecule has 2 saturated carbocycles. The van der Waals surface area contributed by atoms with Crippen molar-refractivity contribution < 1.29 is 9.59 Å². The molecule has 2 fully saturated rings. The first-order valence-electron chi connectivity index (χ1n) is 11.9. The van der Waals surface area contributed by atoms with Crippen LogP contribution in [0.4, 0.5) is 0 Å². The highest BCUT2D eigenvalue weighted by molar-refractivity contribution is 6.08. The summed E-state index contributed by atoms with van der Waals surface area (Å²) >= 11 is 0. The Bertz CT molecular complexity index is 1130. The van der Waals surface area contributed by atoms with Gasteiger partial charge in [-0.1, -0.05) is 58.0 Å². The molecular formula is C29H33NO2. The summed E-state index contributed by atoms with van der Waals surface area (Å²) in [5.41, 5.74) is 7.72. The molecule has 5 rings (SSSR count). The number of pyridine rings is 1. The minimum atomic E-state index is -0.459. The summed E-state index contributed by atoms with van der Waals surface area (Å²) in [6.45, 7) is 11.4. The molecule has 1 aromatic carbocycles. The van der Waals surface area contributed by atoms with Crippen molar-refractivity contribution in [1.82, 2.24) is 4.98 Å². The third-order valence-corrected chi connectivity index (χ3v) is 8.09. The molecule has 0 aliphatic heterocycles. The zero-order valence-electron chi connectivity index (χ0n) is 19.9. The van der Waals surface area contributed by atoms with Crippen LogP contribution in [0.15, 0.2) is 42.6 Å². The van der Waals surface area contributed by atoms with Gasteiger partial charge in [-0.25, -0.2) is 0 Å². The Hall–Kier alpha value is -2.55. The number of aromatic nitrogens is 1. The summed E-state index contributed by atoms with van der Waals surface area (Å²) in [4.78, 5) is 28.9. The van der Waals surface area contributed by atoms with Crippen LogP contribution in [-0.4, -0.2) is 16.6 Å². The van der Waals surface area contributed by atoms with Crippen LogP contribution in [0.3, 0.4) is 0 Å². The van der Waals surface area contributed by atoms with Crippen molar-refractivity contribution in [3.63, 3.8) is 0 Å². The summed E-state index contributed by atoms with van der Waals surface area (Å²) in [6, 6.07) is 9.06. The highest BCUT2D eigenvalue weighted by Crippen LogP contribution is 2.55. The van der Waals surface area contributed by atoms with Gasteiger partial charge in [0.15, 0.2) is 0 Å². The van der Waals surface area contributed by atoms with Gasteiger partial charge in [-0.05, 0) is 60.1 Å². The Kier molecular flexibility index (Phi) is 4.64. The number of allylic oxidation sites excluding steroid dienone is 2. The van der Waals surface area contributed by atoms with E-state index in [0.29, 0.717) is 19.3 Å². The van der Waals surface area contributed by atoms with Crippen molar-refractivity contribution in [2.45, 2.75) is 83.0 Å². The maximum absolute atomic E-state index is 12.0. The molecule has 166 valence electrons. The van der Waals surface area contributed by atoms with Crippen molar-refractivity contribution in [3.8, 4) is 0 Å². The Morgan fingerprint density at radius 2 is 1.47 bits per heavy atom. The van der Waals surface area contributed by atoms with Gasteiger partial charge < -0.3 is 0 Å². The number of hydrogen-bond acceptors (Lipinski definition) is 3. The second kappa shape index (κ2) is 6.97. The lowest BCUT2D eigenvalue weighted by Crippen LogP contribution is -2.30. The number of fused-ring (bicyclic) bond motifs is 1. The Morgan fingerprint density at radius 1 is 0.875 bits per heavy atom. The van der Waals surface area contributed by atoms with E-state index in [0.717, 1.165) is 24.1 Å². The average molecular weight is 428 g/mol. The van der Waals surface area contributed by atoms with Crippen LogP contribution in [0.25, 0.3) is 0 Å². The van der Waals surface area contributed by atoms with Gasteiger partial charge in [0.25, 0.3) is 0 Å². The second-order valence-corrected chi connectivity index (χ2v) is 11.3. The number of nitrogens with zero attached hydrogens (tertiary/aromatic N) is 1. The Labute approximate surface area is 191 Å². The van der Waals surface area contributed by atoms with E-state index in [2.05, 4.69) is 71.0 Å². The number of ketones is 2. The first kappa shape index (κ1) is 21.3. The van der Waals surface area contributed by atoms with Crippen LogP contribution >= 0.6 is 0 Å². The quantitative estimate of drug-likeness (QED) is 0.465. The van der Waals surface area contributed by atoms with Crippen molar-refractivity contribution in [2.24, 2.45) is 5.92 Å². The van der Waals surface area contributed by atoms with Crippen LogP contribution in [0.1, 0.15) is 86.9 Å². The lowest BCUT2D eigenvalue weighted by molar-refractivity contribution is -0.127. The molecule has 0 bridgehead atoms. The van der Waals surface area contributed by atoms with Gasteiger partial charge in [-0.2, -0.15) is 0 Å². The molecular weight excluding hydrogens is 394 g/mol. The first-order chi connectivity index (χ1) is 15.0. The van der Waals surface area contributed by atoms with Crippen molar-refractivity contribution in [1.29, 1.82) is 0 Å². The summed E-state index contributed by atoms with van der Waals surface area (Å²) in [5, 5.41) is 0. The van der Waals surface area contributed by atoms with Gasteiger partial charge >= 0.3 is 0 Å². The molecule has 3 aliphatic carbocycles. The number of carbonyl (C=O) groups excluding carboxylic acids is 2. The fourth-order valence-corrected chi connectivity index (χ4v) is 5.74. The second-order valence-electron chi connectivity index (χ2n) is 11.3. The van der Waals surface area contributed by atoms with Gasteiger partial charge in [0.1, 0.15) is 11.6 Å². The van der Waals surface area contributed by atoms with E-state index in [4.69, 9.17) is 4.98 Å². The van der Waals surface area contributed by atoms with E-state index in [1.165, 1.54) is 22.3 Å². The number of aryl methyl sites for hydroxylation is 1. The van der Waals surface area contributed by atoms with Gasteiger partial charge in [-0.15, -0.1) is 0 Å². The summed E-state index contributed by atoms with van der Waals surface area (Å²) in [5.74, 6) is -0.289. The van der Waals surface area contributed by atoms with Crippen molar-refractivity contribution >= 4 is 11.6 Å². The van der Waals surface area contributed by atoms with Crippen LogP contribution in [-0.2, 0) is 32.3 Å². The van der Waals surface area contributed by atoms with Crippen LogP contribution in [0, 0.1) is 12.8 Å². The highest BCUT2D eigenvalue weighted by Gasteiger charge is 2.49. The van der Waals surface area contributed by atoms with E-state index in [1.807, 2.05) is 6.20 Å². The van der Waals surface area contributed by atoms with E-state index in [-0.39, 0.29) is 27.8 Å². The number of rotatable bonds is 4. The molecule has 0 atom stereocenters. The molecule has 0 amide bonds. The zero-order chi connectivity index (χ0) is 22.9. The van der Waals surface area contributed by atoms with E-state index in [1.54, 1.807) is 0 Å². The molecule has 1 aromatic heterocycles. The lowest BCUT2D eigenvalue weighted by atomic mass is 9.66. The topological polar surface area (TPSA) is 47.0 Å². The third-order valence-electron chi connectivity index (χ3n) is 8.09. The molecule has 3 nitrogen and oxygen atoms in total. The molecule has 32 heavy (non-hydrogen) atoms. The SMILES string of the molecule is Cc1cc2c(cc1C1(c3ccc(CC4C(=O)CCC4=O)cn3)CC1)C(C)(C)C=CC2(C)C. The van der Waals surface area contributed by atoms with Crippen LogP contribution in [0.2, 0.25) is 0 Å². The predicted molar refractivity (Wildman–Crippen MR) is 127 cm³/mol. The van der Waals surface area contributed by atoms with Crippen LogP contribution < -0.4 is 0 Å². The lowest BCUT2D eigenvalue weighted by Gasteiger charge is -2.38. The molecule has 0 unspecified atom stereocenters. The smallest absolute Gasteiger partial charge is 0.144 e. The number of carbonyl (C=O) groups is 2. The van der Waals surface area contributed by atoms with Gasteiger partial charge in [0.2, 0.25) is 0 Å². The number of hydrogen-bond donors (Lipinski definition) is 0. The predicted octanol–water partition coefficient (Wildman–Crippen LogP) is 5.69. The average Bonchev–Trinajstić information content (AvgIpc) is 3.49. The molecule has 0 N–H and O–H groups in total. The summed E-state index contributed by atoms with van der Waals surface area (Å²) in [6.07, 6.45) is 10.1. The summed E-state index contributed by atoms with van der Waals surface area (Å²) in [7, 11) is 0. The van der Waals surface area contributed by atoms with E-state index >= 15 is 0 Å². The Morgan fingerprint density at radius 3 is 2.00 bits per heavy atom. The van der Waals surface area contributed by atoms with E-state index < -0.39 is 5.92 Å². The highest BCUT2D eigenvalue weighted by atomic mass is 16.2. The molecule has 0 saturated heterocycles. The zero-order valence-corrected chi connectivity index (χ0v) is 19.9. The molecule has 0 radical (unpaired) electrons. The largest absolute Gasteiger partial charge is 0.299 e. The molecule has 3 heteroatoms. The molecule has 1 heterocycles.